The van der Waals surface area contributed by atoms with E-state index < -0.39 is 23.3 Å². The van der Waals surface area contributed by atoms with Gasteiger partial charge < -0.3 is 19.5 Å². The molecular formula is C27H28F3N5O3. The van der Waals surface area contributed by atoms with Crippen LogP contribution in [0.25, 0.3) is 11.0 Å². The third kappa shape index (κ3) is 5.03. The second-order valence-corrected chi connectivity index (χ2v) is 9.67. The van der Waals surface area contributed by atoms with E-state index in [9.17, 15) is 28.0 Å². The lowest BCUT2D eigenvalue weighted by atomic mass is 9.87. The Labute approximate surface area is 218 Å². The van der Waals surface area contributed by atoms with E-state index in [1.807, 2.05) is 19.9 Å². The molecule has 3 heterocycles. The van der Waals surface area contributed by atoms with Crippen LogP contribution >= 0.6 is 0 Å². The second kappa shape index (κ2) is 10.4. The maximum atomic E-state index is 14.6. The SMILES string of the molecule is COc1ccc(C(=O)Nc2cnc3c(c(C4CCN(C(=O)C(C)C)CC4)cn3C)c2C(F)(F)F)cc1C#N. The number of likely N-dealkylation sites (tertiary alicyclic amines) is 1. The molecule has 38 heavy (non-hydrogen) atoms. The van der Waals surface area contributed by atoms with E-state index in [1.165, 1.54) is 25.3 Å². The average molecular weight is 528 g/mol. The second-order valence-electron chi connectivity index (χ2n) is 9.67. The van der Waals surface area contributed by atoms with Gasteiger partial charge in [-0.1, -0.05) is 13.8 Å². The standard InChI is InChI=1S/C27H28F3N5O3/c1-15(2)26(37)35-9-7-16(8-10-35)19-14-34(3)24-22(19)23(27(28,29)30)20(13-32-24)33-25(36)17-5-6-21(38-4)18(11-17)12-31/h5-6,11,13-16H,7-10H2,1-4H3,(H,33,36). The summed E-state index contributed by atoms with van der Waals surface area (Å²) in [6.45, 7) is 4.57. The number of anilines is 1. The van der Waals surface area contributed by atoms with E-state index in [0.717, 1.165) is 6.20 Å². The molecule has 1 aliphatic rings. The molecule has 0 radical (unpaired) electrons. The number of hydrogen-bond donors (Lipinski definition) is 1. The predicted molar refractivity (Wildman–Crippen MR) is 135 cm³/mol. The van der Waals surface area contributed by atoms with Gasteiger partial charge in [-0.15, -0.1) is 0 Å². The number of halogens is 3. The van der Waals surface area contributed by atoms with Crippen LogP contribution in [0.3, 0.4) is 0 Å². The van der Waals surface area contributed by atoms with Crippen molar-refractivity contribution >= 4 is 28.5 Å². The number of nitriles is 1. The van der Waals surface area contributed by atoms with Gasteiger partial charge in [-0.3, -0.25) is 9.59 Å². The molecule has 1 N–H and O–H groups in total. The number of fused-ring (bicyclic) bond motifs is 1. The molecule has 2 amide bonds. The van der Waals surface area contributed by atoms with Crippen LogP contribution in [-0.4, -0.2) is 46.5 Å². The molecule has 0 aliphatic carbocycles. The number of alkyl halides is 3. The van der Waals surface area contributed by atoms with Crippen LogP contribution in [-0.2, 0) is 18.0 Å². The van der Waals surface area contributed by atoms with Crippen molar-refractivity contribution < 1.29 is 27.5 Å². The zero-order chi connectivity index (χ0) is 27.8. The molecule has 11 heteroatoms. The number of nitrogens with zero attached hydrogens (tertiary/aromatic N) is 4. The van der Waals surface area contributed by atoms with Gasteiger partial charge in [-0.2, -0.15) is 18.4 Å². The van der Waals surface area contributed by atoms with Gasteiger partial charge >= 0.3 is 6.18 Å². The summed E-state index contributed by atoms with van der Waals surface area (Å²) < 4.78 is 50.3. The number of methoxy groups -OCH3 is 1. The van der Waals surface area contributed by atoms with Gasteiger partial charge in [0.25, 0.3) is 5.91 Å². The largest absolute Gasteiger partial charge is 0.495 e. The topological polar surface area (TPSA) is 100 Å². The number of hydrogen-bond acceptors (Lipinski definition) is 5. The number of rotatable bonds is 5. The molecule has 0 bridgehead atoms. The molecule has 0 spiro atoms. The maximum Gasteiger partial charge on any atom is 0.419 e. The van der Waals surface area contributed by atoms with E-state index in [4.69, 9.17) is 4.74 Å². The van der Waals surface area contributed by atoms with Crippen molar-refractivity contribution in [1.29, 1.82) is 5.26 Å². The third-order valence-corrected chi connectivity index (χ3v) is 6.87. The summed E-state index contributed by atoms with van der Waals surface area (Å²) >= 11 is 0. The minimum Gasteiger partial charge on any atom is -0.495 e. The minimum absolute atomic E-state index is 0.00560. The van der Waals surface area contributed by atoms with E-state index in [2.05, 4.69) is 10.3 Å². The number of ether oxygens (including phenoxy) is 1. The highest BCUT2D eigenvalue weighted by atomic mass is 19.4. The number of aryl methyl sites for hydroxylation is 1. The Morgan fingerprint density at radius 2 is 1.92 bits per heavy atom. The molecule has 2 aromatic heterocycles. The van der Waals surface area contributed by atoms with Crippen molar-refractivity contribution in [2.24, 2.45) is 13.0 Å². The summed E-state index contributed by atoms with van der Waals surface area (Å²) in [5, 5.41) is 11.6. The fourth-order valence-corrected chi connectivity index (χ4v) is 4.98. The van der Waals surface area contributed by atoms with E-state index >= 15 is 0 Å². The molecular weight excluding hydrogens is 499 g/mol. The van der Waals surface area contributed by atoms with Crippen LogP contribution in [0.15, 0.2) is 30.6 Å². The average Bonchev–Trinajstić information content (AvgIpc) is 3.22. The van der Waals surface area contributed by atoms with Crippen LogP contribution in [0, 0.1) is 17.2 Å². The fourth-order valence-electron chi connectivity index (χ4n) is 4.98. The number of aromatic nitrogens is 2. The highest BCUT2D eigenvalue weighted by molar-refractivity contribution is 6.06. The highest BCUT2D eigenvalue weighted by Crippen LogP contribution is 2.44. The Hall–Kier alpha value is -4.07. The molecule has 3 aromatic rings. The zero-order valence-corrected chi connectivity index (χ0v) is 21.5. The molecule has 1 saturated heterocycles. The molecule has 4 rings (SSSR count). The number of nitrogens with one attached hydrogen (secondary N) is 1. The van der Waals surface area contributed by atoms with Crippen LogP contribution < -0.4 is 10.1 Å². The van der Waals surface area contributed by atoms with Gasteiger partial charge in [0, 0.05) is 43.2 Å². The van der Waals surface area contributed by atoms with Crippen LogP contribution in [0.4, 0.5) is 18.9 Å². The number of carbonyl (C=O) groups excluding carboxylic acids is 2. The van der Waals surface area contributed by atoms with E-state index in [1.54, 1.807) is 22.7 Å². The lowest BCUT2D eigenvalue weighted by Gasteiger charge is -2.33. The molecule has 8 nitrogen and oxygen atoms in total. The van der Waals surface area contributed by atoms with Gasteiger partial charge in [0.1, 0.15) is 17.5 Å². The minimum atomic E-state index is -4.79. The van der Waals surface area contributed by atoms with Crippen molar-refractivity contribution in [3.05, 3.63) is 52.8 Å². The fraction of sp³-hybridized carbons (Fsp3) is 0.407. The summed E-state index contributed by atoms with van der Waals surface area (Å²) in [5.74, 6) is -0.885. The summed E-state index contributed by atoms with van der Waals surface area (Å²) in [5.41, 5.74) is -0.706. The third-order valence-electron chi connectivity index (χ3n) is 6.87. The number of benzene rings is 1. The number of amides is 2. The van der Waals surface area contributed by atoms with E-state index in [-0.39, 0.29) is 45.7 Å². The summed E-state index contributed by atoms with van der Waals surface area (Å²) in [4.78, 5) is 31.3. The van der Waals surface area contributed by atoms with Gasteiger partial charge in [0.2, 0.25) is 5.91 Å². The van der Waals surface area contributed by atoms with E-state index in [0.29, 0.717) is 31.5 Å². The lowest BCUT2D eigenvalue weighted by molar-refractivity contribution is -0.136. The Balaban J connectivity index is 1.73. The maximum absolute atomic E-state index is 14.6. The van der Waals surface area contributed by atoms with Crippen molar-refractivity contribution in [2.75, 3.05) is 25.5 Å². The smallest absolute Gasteiger partial charge is 0.419 e. The monoisotopic (exact) mass is 527 g/mol. The van der Waals surface area contributed by atoms with Gasteiger partial charge in [0.15, 0.2) is 0 Å². The first-order valence-electron chi connectivity index (χ1n) is 12.2. The van der Waals surface area contributed by atoms with Crippen molar-refractivity contribution in [2.45, 2.75) is 38.8 Å². The normalized spacial score (nSPS) is 14.6. The number of carbonyl (C=O) groups is 2. The highest BCUT2D eigenvalue weighted by Gasteiger charge is 2.39. The first-order valence-corrected chi connectivity index (χ1v) is 12.2. The summed E-state index contributed by atoms with van der Waals surface area (Å²) in [6.07, 6.45) is -1.08. The zero-order valence-electron chi connectivity index (χ0n) is 21.5. The Kier molecular flexibility index (Phi) is 7.35. The Morgan fingerprint density at radius 1 is 1.24 bits per heavy atom. The van der Waals surface area contributed by atoms with Gasteiger partial charge in [-0.05, 0) is 42.5 Å². The van der Waals surface area contributed by atoms with Crippen LogP contribution in [0.2, 0.25) is 0 Å². The van der Waals surface area contributed by atoms with Crippen LogP contribution in [0.1, 0.15) is 59.7 Å². The molecule has 0 unspecified atom stereocenters. The Bertz CT molecular complexity index is 1430. The number of pyridine rings is 1. The quantitative estimate of drug-likeness (QED) is 0.499. The van der Waals surface area contributed by atoms with Crippen LogP contribution in [0.5, 0.6) is 5.75 Å². The molecule has 0 atom stereocenters. The van der Waals surface area contributed by atoms with Crippen molar-refractivity contribution in [1.82, 2.24) is 14.5 Å². The molecule has 1 fully saturated rings. The van der Waals surface area contributed by atoms with Crippen molar-refractivity contribution in [3.63, 3.8) is 0 Å². The first-order chi connectivity index (χ1) is 18.0. The summed E-state index contributed by atoms with van der Waals surface area (Å²) in [7, 11) is 3.01. The first kappa shape index (κ1) is 27.0. The number of piperidine rings is 1. The van der Waals surface area contributed by atoms with Crippen molar-refractivity contribution in [3.8, 4) is 11.8 Å². The van der Waals surface area contributed by atoms with Gasteiger partial charge in [-0.25, -0.2) is 4.98 Å². The summed E-state index contributed by atoms with van der Waals surface area (Å²) in [6, 6.07) is 5.94. The molecule has 1 aromatic carbocycles. The van der Waals surface area contributed by atoms with Gasteiger partial charge in [0.05, 0.1) is 30.1 Å². The molecule has 0 saturated carbocycles. The molecule has 1 aliphatic heterocycles. The predicted octanol–water partition coefficient (Wildman–Crippen LogP) is 5.09. The molecule has 200 valence electrons. The lowest BCUT2D eigenvalue weighted by Crippen LogP contribution is -2.40. The Morgan fingerprint density at radius 3 is 2.50 bits per heavy atom.